The highest BCUT2D eigenvalue weighted by molar-refractivity contribution is 9.10. The van der Waals surface area contributed by atoms with E-state index in [0.29, 0.717) is 6.04 Å². The number of hydrogen-bond acceptors (Lipinski definition) is 4. The summed E-state index contributed by atoms with van der Waals surface area (Å²) >= 11 is 3.49. The third kappa shape index (κ3) is 3.88. The standard InChI is InChI=1S/C14H20BrN5/c1-10(2)20-14(17-9-18-20)8-13(19-16)7-11-4-3-5-12(15)6-11/h3-6,9-10,13,19H,7-8,16H2,1-2H3. The third-order valence-electron chi connectivity index (χ3n) is 3.17. The van der Waals surface area contributed by atoms with Crippen molar-refractivity contribution in [3.63, 3.8) is 0 Å². The molecule has 0 aliphatic heterocycles. The molecular formula is C14H20BrN5. The molecule has 0 spiro atoms. The highest BCUT2D eigenvalue weighted by Crippen LogP contribution is 2.15. The van der Waals surface area contributed by atoms with E-state index in [1.54, 1.807) is 6.33 Å². The molecule has 0 bridgehead atoms. The minimum absolute atomic E-state index is 0.131. The van der Waals surface area contributed by atoms with E-state index in [1.165, 1.54) is 5.56 Å². The maximum absolute atomic E-state index is 5.68. The van der Waals surface area contributed by atoms with Crippen molar-refractivity contribution < 1.29 is 0 Å². The highest BCUT2D eigenvalue weighted by Gasteiger charge is 2.14. The minimum Gasteiger partial charge on any atom is -0.271 e. The molecule has 1 atom stereocenters. The van der Waals surface area contributed by atoms with Gasteiger partial charge in [-0.15, -0.1) is 0 Å². The van der Waals surface area contributed by atoms with Crippen LogP contribution in [0.5, 0.6) is 0 Å². The normalized spacial score (nSPS) is 12.8. The van der Waals surface area contributed by atoms with E-state index in [1.807, 2.05) is 16.8 Å². The number of aromatic nitrogens is 3. The first-order chi connectivity index (χ1) is 9.60. The molecule has 2 rings (SSSR count). The van der Waals surface area contributed by atoms with Crippen molar-refractivity contribution in [2.24, 2.45) is 5.84 Å². The first-order valence-electron chi connectivity index (χ1n) is 6.69. The average molecular weight is 338 g/mol. The molecule has 2 aromatic rings. The van der Waals surface area contributed by atoms with E-state index in [0.717, 1.165) is 23.1 Å². The summed E-state index contributed by atoms with van der Waals surface area (Å²) in [4.78, 5) is 4.33. The molecule has 0 amide bonds. The maximum atomic E-state index is 5.68. The molecule has 1 aromatic heterocycles. The number of nitrogens with zero attached hydrogens (tertiary/aromatic N) is 3. The van der Waals surface area contributed by atoms with Gasteiger partial charge in [-0.2, -0.15) is 5.10 Å². The lowest BCUT2D eigenvalue weighted by Gasteiger charge is -2.17. The number of benzene rings is 1. The molecule has 6 heteroatoms. The molecule has 1 heterocycles. The highest BCUT2D eigenvalue weighted by atomic mass is 79.9. The zero-order valence-electron chi connectivity index (χ0n) is 11.8. The maximum Gasteiger partial charge on any atom is 0.138 e. The molecule has 1 unspecified atom stereocenters. The smallest absolute Gasteiger partial charge is 0.138 e. The van der Waals surface area contributed by atoms with Crippen molar-refractivity contribution in [3.8, 4) is 0 Å². The molecule has 0 saturated heterocycles. The fraction of sp³-hybridized carbons (Fsp3) is 0.429. The SMILES string of the molecule is CC(C)n1ncnc1CC(Cc1cccc(Br)c1)NN. The molecule has 108 valence electrons. The molecule has 0 aliphatic carbocycles. The largest absolute Gasteiger partial charge is 0.271 e. The van der Waals surface area contributed by atoms with Crippen molar-refractivity contribution in [3.05, 3.63) is 46.5 Å². The molecule has 0 radical (unpaired) electrons. The summed E-state index contributed by atoms with van der Waals surface area (Å²) in [5, 5.41) is 4.25. The lowest BCUT2D eigenvalue weighted by Crippen LogP contribution is -2.39. The number of nitrogens with one attached hydrogen (secondary N) is 1. The lowest BCUT2D eigenvalue weighted by atomic mass is 10.0. The van der Waals surface area contributed by atoms with Crippen LogP contribution in [0.3, 0.4) is 0 Å². The first kappa shape index (κ1) is 15.2. The van der Waals surface area contributed by atoms with Crippen LogP contribution in [0.2, 0.25) is 0 Å². The van der Waals surface area contributed by atoms with Gasteiger partial charge in [-0.25, -0.2) is 9.67 Å². The van der Waals surface area contributed by atoms with Gasteiger partial charge in [-0.3, -0.25) is 11.3 Å². The second kappa shape index (κ2) is 6.97. The van der Waals surface area contributed by atoms with Crippen LogP contribution < -0.4 is 11.3 Å². The van der Waals surface area contributed by atoms with E-state index in [9.17, 15) is 0 Å². The van der Waals surface area contributed by atoms with E-state index in [2.05, 4.69) is 57.4 Å². The van der Waals surface area contributed by atoms with Crippen LogP contribution in [0.1, 0.15) is 31.3 Å². The van der Waals surface area contributed by atoms with Gasteiger partial charge in [0.15, 0.2) is 0 Å². The first-order valence-corrected chi connectivity index (χ1v) is 7.48. The Labute approximate surface area is 127 Å². The van der Waals surface area contributed by atoms with Crippen LogP contribution in [-0.4, -0.2) is 20.8 Å². The van der Waals surface area contributed by atoms with E-state index < -0.39 is 0 Å². The topological polar surface area (TPSA) is 68.8 Å². The number of nitrogens with two attached hydrogens (primary N) is 1. The zero-order chi connectivity index (χ0) is 14.5. The molecule has 5 nitrogen and oxygen atoms in total. The molecule has 0 saturated carbocycles. The molecule has 1 aromatic carbocycles. The Morgan fingerprint density at radius 2 is 2.15 bits per heavy atom. The van der Waals surface area contributed by atoms with E-state index in [4.69, 9.17) is 5.84 Å². The van der Waals surface area contributed by atoms with Crippen LogP contribution in [0, 0.1) is 0 Å². The second-order valence-corrected chi connectivity index (χ2v) is 6.03. The Morgan fingerprint density at radius 3 is 2.80 bits per heavy atom. The third-order valence-corrected chi connectivity index (χ3v) is 3.67. The molecule has 3 N–H and O–H groups in total. The van der Waals surface area contributed by atoms with Gasteiger partial charge in [-0.1, -0.05) is 28.1 Å². The molecule has 0 aliphatic rings. The monoisotopic (exact) mass is 337 g/mol. The van der Waals surface area contributed by atoms with Crippen molar-refractivity contribution >= 4 is 15.9 Å². The van der Waals surface area contributed by atoms with Crippen molar-refractivity contribution in [2.75, 3.05) is 0 Å². The Bertz CT molecular complexity index is 552. The molecular weight excluding hydrogens is 318 g/mol. The summed E-state index contributed by atoms with van der Waals surface area (Å²) in [7, 11) is 0. The number of hydrogen-bond donors (Lipinski definition) is 2. The Morgan fingerprint density at radius 1 is 1.35 bits per heavy atom. The summed E-state index contributed by atoms with van der Waals surface area (Å²) in [6.07, 6.45) is 3.20. The zero-order valence-corrected chi connectivity index (χ0v) is 13.3. The molecule has 20 heavy (non-hydrogen) atoms. The van der Waals surface area contributed by atoms with E-state index in [-0.39, 0.29) is 6.04 Å². The van der Waals surface area contributed by atoms with Gasteiger partial charge in [0, 0.05) is 23.0 Å². The second-order valence-electron chi connectivity index (χ2n) is 5.12. The Hall–Kier alpha value is -1.24. The lowest BCUT2D eigenvalue weighted by molar-refractivity contribution is 0.459. The van der Waals surface area contributed by atoms with Crippen molar-refractivity contribution in [1.82, 2.24) is 20.2 Å². The summed E-state index contributed by atoms with van der Waals surface area (Å²) in [5.41, 5.74) is 4.11. The summed E-state index contributed by atoms with van der Waals surface area (Å²) < 4.78 is 3.02. The number of hydrazine groups is 1. The average Bonchev–Trinajstić information content (AvgIpc) is 2.86. The van der Waals surface area contributed by atoms with E-state index >= 15 is 0 Å². The van der Waals surface area contributed by atoms with Gasteiger partial charge in [0.25, 0.3) is 0 Å². The van der Waals surface area contributed by atoms with Crippen LogP contribution in [-0.2, 0) is 12.8 Å². The van der Waals surface area contributed by atoms with Gasteiger partial charge < -0.3 is 0 Å². The number of halogens is 1. The van der Waals surface area contributed by atoms with Crippen LogP contribution in [0.25, 0.3) is 0 Å². The Kier molecular flexibility index (Phi) is 5.28. The van der Waals surface area contributed by atoms with Crippen molar-refractivity contribution in [1.29, 1.82) is 0 Å². The van der Waals surface area contributed by atoms with Gasteiger partial charge in [-0.05, 0) is 38.0 Å². The fourth-order valence-corrected chi connectivity index (χ4v) is 2.66. The van der Waals surface area contributed by atoms with Crippen LogP contribution >= 0.6 is 15.9 Å². The number of rotatable bonds is 6. The summed E-state index contributed by atoms with van der Waals surface area (Å²) in [6.45, 7) is 4.19. The van der Waals surface area contributed by atoms with Gasteiger partial charge in [0.05, 0.1) is 0 Å². The van der Waals surface area contributed by atoms with Crippen molar-refractivity contribution in [2.45, 2.75) is 38.8 Å². The predicted octanol–water partition coefficient (Wildman–Crippen LogP) is 2.24. The van der Waals surface area contributed by atoms with Gasteiger partial charge in [0.1, 0.15) is 12.2 Å². The minimum atomic E-state index is 0.131. The van der Waals surface area contributed by atoms with Gasteiger partial charge in [0.2, 0.25) is 0 Å². The summed E-state index contributed by atoms with van der Waals surface area (Å²) in [6, 6.07) is 8.69. The Balaban J connectivity index is 2.07. The fourth-order valence-electron chi connectivity index (χ4n) is 2.21. The summed E-state index contributed by atoms with van der Waals surface area (Å²) in [5.74, 6) is 6.64. The van der Waals surface area contributed by atoms with Crippen LogP contribution in [0.4, 0.5) is 0 Å². The quantitative estimate of drug-likeness (QED) is 0.626. The van der Waals surface area contributed by atoms with Crippen LogP contribution in [0.15, 0.2) is 35.1 Å². The molecule has 0 fully saturated rings. The predicted molar refractivity (Wildman–Crippen MR) is 83.1 cm³/mol. The van der Waals surface area contributed by atoms with Gasteiger partial charge >= 0.3 is 0 Å².